The van der Waals surface area contributed by atoms with Crippen LogP contribution in [-0.2, 0) is 20.9 Å². The van der Waals surface area contributed by atoms with Gasteiger partial charge in [0.15, 0.2) is 0 Å². The van der Waals surface area contributed by atoms with E-state index in [1.807, 2.05) is 47.0 Å². The zero-order chi connectivity index (χ0) is 19.7. The van der Waals surface area contributed by atoms with Gasteiger partial charge in [-0.15, -0.1) is 0 Å². The highest BCUT2D eigenvalue weighted by atomic mass is 35.5. The van der Waals surface area contributed by atoms with Crippen LogP contribution in [0.4, 0.5) is 5.95 Å². The van der Waals surface area contributed by atoms with Crippen LogP contribution in [0.3, 0.4) is 0 Å². The molecule has 2 atom stereocenters. The number of aromatic nitrogens is 2. The van der Waals surface area contributed by atoms with Gasteiger partial charge in [0.25, 0.3) is 5.91 Å². The van der Waals surface area contributed by atoms with Crippen molar-refractivity contribution in [1.82, 2.24) is 9.55 Å². The molecule has 1 fully saturated rings. The quantitative estimate of drug-likeness (QED) is 0.690. The second-order valence-corrected chi connectivity index (χ2v) is 7.16. The lowest BCUT2D eigenvalue weighted by Gasteiger charge is -2.14. The number of anilines is 1. The standard InChI is InChI=1S/C20H19ClN4O3/c21-13-6-7-14-15(10-13)25(11-12-4-2-1-3-5-12)20(23-14)24-19(27)17-9-8-16(28-17)18(22)26/h1-7,10,16-17H,8-9,11H2,(H2,22,26)(H,23,24,27)/t16-,17+/m0/s1. The van der Waals surface area contributed by atoms with E-state index in [-0.39, 0.29) is 5.91 Å². The molecule has 0 radical (unpaired) electrons. The minimum atomic E-state index is -0.730. The number of fused-ring (bicyclic) bond motifs is 1. The number of amides is 2. The Kier molecular flexibility index (Phi) is 5.02. The van der Waals surface area contributed by atoms with Gasteiger partial charge in [0.2, 0.25) is 11.9 Å². The molecule has 0 saturated carbocycles. The molecule has 1 aliphatic heterocycles. The van der Waals surface area contributed by atoms with Gasteiger partial charge in [-0.3, -0.25) is 14.9 Å². The van der Waals surface area contributed by atoms with Crippen LogP contribution < -0.4 is 11.1 Å². The molecule has 1 aliphatic rings. The monoisotopic (exact) mass is 398 g/mol. The number of benzene rings is 2. The Morgan fingerprint density at radius 1 is 1.18 bits per heavy atom. The minimum absolute atomic E-state index is 0.348. The molecule has 0 aliphatic carbocycles. The van der Waals surface area contributed by atoms with Gasteiger partial charge in [0, 0.05) is 5.02 Å². The zero-order valence-corrected chi connectivity index (χ0v) is 15.7. The van der Waals surface area contributed by atoms with E-state index >= 15 is 0 Å². The van der Waals surface area contributed by atoms with Crippen LogP contribution >= 0.6 is 11.6 Å². The van der Waals surface area contributed by atoms with Gasteiger partial charge in [0.1, 0.15) is 12.2 Å². The second kappa shape index (κ2) is 7.61. The van der Waals surface area contributed by atoms with Gasteiger partial charge in [-0.2, -0.15) is 0 Å². The van der Waals surface area contributed by atoms with E-state index in [2.05, 4.69) is 10.3 Å². The minimum Gasteiger partial charge on any atom is -0.367 e. The molecule has 2 amide bonds. The summed E-state index contributed by atoms with van der Waals surface area (Å²) < 4.78 is 7.36. The first-order chi connectivity index (χ1) is 13.5. The van der Waals surface area contributed by atoms with E-state index < -0.39 is 18.1 Å². The molecule has 0 spiro atoms. The molecule has 1 aromatic heterocycles. The van der Waals surface area contributed by atoms with Gasteiger partial charge in [0.05, 0.1) is 17.6 Å². The van der Waals surface area contributed by atoms with E-state index in [0.29, 0.717) is 30.4 Å². The molecule has 3 N–H and O–H groups in total. The molecular weight excluding hydrogens is 380 g/mol. The third-order valence-corrected chi connectivity index (χ3v) is 4.99. The normalized spacial score (nSPS) is 19.0. The number of ether oxygens (including phenoxy) is 1. The molecule has 8 heteroatoms. The van der Waals surface area contributed by atoms with Crippen molar-refractivity contribution in [2.24, 2.45) is 5.73 Å². The molecule has 144 valence electrons. The fraction of sp³-hybridized carbons (Fsp3) is 0.250. The number of hydrogen-bond donors (Lipinski definition) is 2. The molecule has 4 rings (SSSR count). The number of halogens is 1. The van der Waals surface area contributed by atoms with Crippen molar-refractivity contribution in [3.05, 3.63) is 59.1 Å². The lowest BCUT2D eigenvalue weighted by Crippen LogP contribution is -2.33. The number of hydrogen-bond acceptors (Lipinski definition) is 4. The van der Waals surface area contributed by atoms with Crippen molar-refractivity contribution >= 4 is 40.4 Å². The number of carbonyl (C=O) groups is 2. The van der Waals surface area contributed by atoms with Gasteiger partial charge in [-0.1, -0.05) is 41.9 Å². The zero-order valence-electron chi connectivity index (χ0n) is 15.0. The molecule has 3 aromatic rings. The van der Waals surface area contributed by atoms with E-state index in [9.17, 15) is 9.59 Å². The Labute approximate surface area is 166 Å². The number of carbonyl (C=O) groups excluding carboxylic acids is 2. The van der Waals surface area contributed by atoms with Crippen molar-refractivity contribution in [3.63, 3.8) is 0 Å². The van der Waals surface area contributed by atoms with Crippen molar-refractivity contribution < 1.29 is 14.3 Å². The molecule has 2 aromatic carbocycles. The summed E-state index contributed by atoms with van der Waals surface area (Å²) in [4.78, 5) is 28.5. The summed E-state index contributed by atoms with van der Waals surface area (Å²) in [6.45, 7) is 0.517. The van der Waals surface area contributed by atoms with Gasteiger partial charge < -0.3 is 15.0 Å². The Morgan fingerprint density at radius 3 is 2.64 bits per heavy atom. The third kappa shape index (κ3) is 3.72. The average molecular weight is 399 g/mol. The van der Waals surface area contributed by atoms with Crippen LogP contribution in [0.5, 0.6) is 0 Å². The summed E-state index contributed by atoms with van der Waals surface area (Å²) in [5.74, 6) is -0.502. The van der Waals surface area contributed by atoms with Crippen LogP contribution in [0, 0.1) is 0 Å². The first-order valence-corrected chi connectivity index (χ1v) is 9.34. The van der Waals surface area contributed by atoms with Crippen LogP contribution in [0.25, 0.3) is 11.0 Å². The molecule has 0 unspecified atom stereocenters. The predicted octanol–water partition coefficient (Wildman–Crippen LogP) is 2.71. The lowest BCUT2D eigenvalue weighted by molar-refractivity contribution is -0.134. The average Bonchev–Trinajstić information content (AvgIpc) is 3.29. The van der Waals surface area contributed by atoms with E-state index in [4.69, 9.17) is 22.1 Å². The summed E-state index contributed by atoms with van der Waals surface area (Å²) in [5.41, 5.74) is 7.86. The number of imidazole rings is 1. The SMILES string of the molecule is NC(=O)[C@@H]1CC[C@H](C(=O)Nc2nc3ccc(Cl)cc3n2Cc2ccccc2)O1. The maximum absolute atomic E-state index is 12.7. The molecule has 7 nitrogen and oxygen atoms in total. The van der Waals surface area contributed by atoms with Crippen LogP contribution in [0.15, 0.2) is 48.5 Å². The van der Waals surface area contributed by atoms with Gasteiger partial charge >= 0.3 is 0 Å². The largest absolute Gasteiger partial charge is 0.367 e. The second-order valence-electron chi connectivity index (χ2n) is 6.72. The summed E-state index contributed by atoms with van der Waals surface area (Å²) in [7, 11) is 0. The molecule has 2 heterocycles. The smallest absolute Gasteiger partial charge is 0.255 e. The Hall–Kier alpha value is -2.90. The number of rotatable bonds is 5. The van der Waals surface area contributed by atoms with Crippen LogP contribution in [-0.4, -0.2) is 33.6 Å². The van der Waals surface area contributed by atoms with E-state index in [1.165, 1.54) is 0 Å². The fourth-order valence-corrected chi connectivity index (χ4v) is 3.51. The molecular formula is C20H19ClN4O3. The molecule has 1 saturated heterocycles. The number of primary amides is 1. The predicted molar refractivity (Wildman–Crippen MR) is 106 cm³/mol. The van der Waals surface area contributed by atoms with Crippen molar-refractivity contribution in [2.75, 3.05) is 5.32 Å². The summed E-state index contributed by atoms with van der Waals surface area (Å²) in [6.07, 6.45) is -0.586. The molecule has 28 heavy (non-hydrogen) atoms. The summed E-state index contributed by atoms with van der Waals surface area (Å²) in [6, 6.07) is 15.2. The maximum atomic E-state index is 12.7. The number of nitrogens with one attached hydrogen (secondary N) is 1. The van der Waals surface area contributed by atoms with Gasteiger partial charge in [-0.05, 0) is 36.6 Å². The highest BCUT2D eigenvalue weighted by Gasteiger charge is 2.34. The summed E-state index contributed by atoms with van der Waals surface area (Å²) in [5, 5.41) is 3.42. The Balaban J connectivity index is 1.63. The maximum Gasteiger partial charge on any atom is 0.255 e. The highest BCUT2D eigenvalue weighted by molar-refractivity contribution is 6.31. The van der Waals surface area contributed by atoms with Crippen molar-refractivity contribution in [2.45, 2.75) is 31.6 Å². The van der Waals surface area contributed by atoms with Crippen LogP contribution in [0.2, 0.25) is 5.02 Å². The summed E-state index contributed by atoms with van der Waals surface area (Å²) >= 11 is 6.17. The number of nitrogens with two attached hydrogens (primary N) is 1. The van der Waals surface area contributed by atoms with Crippen molar-refractivity contribution in [3.8, 4) is 0 Å². The molecule has 0 bridgehead atoms. The Morgan fingerprint density at radius 2 is 1.93 bits per heavy atom. The first kappa shape index (κ1) is 18.5. The third-order valence-electron chi connectivity index (χ3n) is 4.76. The van der Waals surface area contributed by atoms with E-state index in [0.717, 1.165) is 16.6 Å². The lowest BCUT2D eigenvalue weighted by atomic mass is 10.2. The number of nitrogens with zero attached hydrogens (tertiary/aromatic N) is 2. The first-order valence-electron chi connectivity index (χ1n) is 8.96. The highest BCUT2D eigenvalue weighted by Crippen LogP contribution is 2.26. The Bertz CT molecular complexity index is 1030. The fourth-order valence-electron chi connectivity index (χ4n) is 3.35. The van der Waals surface area contributed by atoms with Crippen molar-refractivity contribution in [1.29, 1.82) is 0 Å². The van der Waals surface area contributed by atoms with E-state index in [1.54, 1.807) is 6.07 Å². The van der Waals surface area contributed by atoms with Crippen LogP contribution in [0.1, 0.15) is 18.4 Å². The topological polar surface area (TPSA) is 99.2 Å². The van der Waals surface area contributed by atoms with Gasteiger partial charge in [-0.25, -0.2) is 4.98 Å².